The van der Waals surface area contributed by atoms with E-state index in [2.05, 4.69) is 0 Å². The third kappa shape index (κ3) is 3.46. The van der Waals surface area contributed by atoms with Crippen LogP contribution in [0.1, 0.15) is 0 Å². The molecule has 100 valence electrons. The molecule has 10 heteroatoms. The molecule has 0 amide bonds. The lowest BCUT2D eigenvalue weighted by molar-refractivity contribution is 0.363. The van der Waals surface area contributed by atoms with Crippen molar-refractivity contribution in [1.29, 1.82) is 0 Å². The maximum absolute atomic E-state index is 12.4. The highest BCUT2D eigenvalue weighted by atomic mass is 32.5. The predicted octanol–water partition coefficient (Wildman–Crippen LogP) is 3.33. The Labute approximate surface area is 94.1 Å². The maximum Gasteiger partial charge on any atom is 0.310 e. The fourth-order valence-corrected chi connectivity index (χ4v) is 2.50. The molecule has 0 saturated carbocycles. The van der Waals surface area contributed by atoms with E-state index in [4.69, 9.17) is 5.73 Å². The van der Waals surface area contributed by atoms with Crippen LogP contribution in [-0.2, 0) is 9.84 Å². The molecular formula is C7H8F5NO2S2. The van der Waals surface area contributed by atoms with Crippen LogP contribution in [0.3, 0.4) is 0 Å². The summed E-state index contributed by atoms with van der Waals surface area (Å²) in [6, 6.07) is 0.575. The first kappa shape index (κ1) is 14.0. The van der Waals surface area contributed by atoms with Gasteiger partial charge in [-0.1, -0.05) is 19.4 Å². The summed E-state index contributed by atoms with van der Waals surface area (Å²) in [5, 5.41) is 0. The number of nitrogens with two attached hydrogens (primary N) is 1. The molecular weight excluding hydrogens is 289 g/mol. The number of sulfone groups is 1. The van der Waals surface area contributed by atoms with Crippen molar-refractivity contribution in [2.75, 3.05) is 12.0 Å². The van der Waals surface area contributed by atoms with Crippen LogP contribution in [0.2, 0.25) is 0 Å². The van der Waals surface area contributed by atoms with E-state index in [-0.39, 0.29) is 12.1 Å². The van der Waals surface area contributed by atoms with Crippen molar-refractivity contribution in [1.82, 2.24) is 0 Å². The number of nitrogen functional groups attached to an aromatic ring is 1. The Balaban J connectivity index is 3.68. The highest BCUT2D eigenvalue weighted by Crippen LogP contribution is 3.02. The Bertz CT molecular complexity index is 578. The monoisotopic (exact) mass is 297 g/mol. The Morgan fingerprint density at radius 2 is 1.53 bits per heavy atom. The zero-order valence-corrected chi connectivity index (χ0v) is 9.97. The highest BCUT2D eigenvalue weighted by molar-refractivity contribution is 8.45. The third-order valence-electron chi connectivity index (χ3n) is 1.78. The third-order valence-corrected chi connectivity index (χ3v) is 3.99. The van der Waals surface area contributed by atoms with Crippen LogP contribution in [0, 0.1) is 0 Å². The molecule has 0 aliphatic carbocycles. The van der Waals surface area contributed by atoms with Crippen LogP contribution < -0.4 is 5.73 Å². The zero-order valence-electron chi connectivity index (χ0n) is 8.33. The molecule has 0 radical (unpaired) electrons. The van der Waals surface area contributed by atoms with Crippen molar-refractivity contribution in [3.05, 3.63) is 18.2 Å². The summed E-state index contributed by atoms with van der Waals surface area (Å²) in [5.74, 6) is 0. The van der Waals surface area contributed by atoms with Crippen molar-refractivity contribution in [3.63, 3.8) is 0 Å². The number of halogens is 5. The molecule has 1 aromatic rings. The molecule has 0 aliphatic heterocycles. The molecule has 1 rings (SSSR count). The van der Waals surface area contributed by atoms with Gasteiger partial charge < -0.3 is 5.73 Å². The number of rotatable bonds is 2. The summed E-state index contributed by atoms with van der Waals surface area (Å²) in [4.78, 5) is -3.22. The second kappa shape index (κ2) is 2.86. The first-order valence-corrected chi connectivity index (χ1v) is 7.78. The van der Waals surface area contributed by atoms with Gasteiger partial charge in [-0.3, -0.25) is 0 Å². The Kier molecular flexibility index (Phi) is 2.36. The van der Waals surface area contributed by atoms with Crippen LogP contribution in [0.25, 0.3) is 0 Å². The summed E-state index contributed by atoms with van der Waals surface area (Å²) in [5.41, 5.74) is 4.29. The van der Waals surface area contributed by atoms with Gasteiger partial charge in [0.25, 0.3) is 0 Å². The van der Waals surface area contributed by atoms with E-state index in [0.29, 0.717) is 12.3 Å². The van der Waals surface area contributed by atoms with E-state index in [0.717, 1.165) is 0 Å². The van der Waals surface area contributed by atoms with Crippen LogP contribution >= 0.6 is 10.2 Å². The Hall–Kier alpha value is -1.03. The average molecular weight is 297 g/mol. The average Bonchev–Trinajstić information content (AvgIpc) is 1.96. The molecule has 0 bridgehead atoms. The number of benzene rings is 1. The highest BCUT2D eigenvalue weighted by Gasteiger charge is 2.65. The van der Waals surface area contributed by atoms with Gasteiger partial charge in [0.15, 0.2) is 9.84 Å². The van der Waals surface area contributed by atoms with Gasteiger partial charge in [-0.15, -0.1) is 0 Å². The standard InChI is InChI=1S/C7H8F5NO2S2/c1-16(14,15)6-2-5(13)3-7(4-6)17(8,9,10,11)12/h2-4H,13H2,1H3. The lowest BCUT2D eigenvalue weighted by Gasteiger charge is -2.40. The number of anilines is 1. The Morgan fingerprint density at radius 1 is 1.06 bits per heavy atom. The van der Waals surface area contributed by atoms with Gasteiger partial charge in [-0.25, -0.2) is 8.42 Å². The molecule has 2 N–H and O–H groups in total. The van der Waals surface area contributed by atoms with E-state index in [1.165, 1.54) is 0 Å². The van der Waals surface area contributed by atoms with E-state index in [1.54, 1.807) is 0 Å². The van der Waals surface area contributed by atoms with Crippen molar-refractivity contribution in [2.24, 2.45) is 0 Å². The van der Waals surface area contributed by atoms with Gasteiger partial charge in [-0.2, -0.15) is 0 Å². The number of hydrogen-bond acceptors (Lipinski definition) is 3. The molecule has 0 atom stereocenters. The molecule has 17 heavy (non-hydrogen) atoms. The largest absolute Gasteiger partial charge is 0.399 e. The minimum absolute atomic E-state index is 0.0102. The molecule has 0 unspecified atom stereocenters. The predicted molar refractivity (Wildman–Crippen MR) is 55.4 cm³/mol. The van der Waals surface area contributed by atoms with Gasteiger partial charge in [0.1, 0.15) is 4.90 Å². The number of hydrogen-bond donors (Lipinski definition) is 1. The van der Waals surface area contributed by atoms with Gasteiger partial charge in [0.2, 0.25) is 0 Å². The summed E-state index contributed by atoms with van der Waals surface area (Å²) in [6.07, 6.45) is 0.594. The fourth-order valence-electron chi connectivity index (χ4n) is 1.03. The SMILES string of the molecule is CS(=O)(=O)c1cc(N)cc(S(F)(F)(F)(F)F)c1. The second-order valence-electron chi connectivity index (χ2n) is 3.48. The molecule has 0 saturated heterocycles. The van der Waals surface area contributed by atoms with Crippen LogP contribution in [0.15, 0.2) is 28.0 Å². The van der Waals surface area contributed by atoms with E-state index >= 15 is 0 Å². The zero-order chi connectivity index (χ0) is 13.8. The first-order valence-electron chi connectivity index (χ1n) is 3.94. The van der Waals surface area contributed by atoms with Gasteiger partial charge >= 0.3 is 10.2 Å². The maximum atomic E-state index is 12.4. The van der Waals surface area contributed by atoms with Crippen LogP contribution in [0.5, 0.6) is 0 Å². The summed E-state index contributed by atoms with van der Waals surface area (Å²) < 4.78 is 84.3. The lowest BCUT2D eigenvalue weighted by atomic mass is 10.3. The minimum Gasteiger partial charge on any atom is -0.399 e. The quantitative estimate of drug-likeness (QED) is 0.673. The van der Waals surface area contributed by atoms with Gasteiger partial charge in [-0.05, 0) is 18.2 Å². The second-order valence-corrected chi connectivity index (χ2v) is 7.90. The molecule has 0 aliphatic rings. The molecule has 0 spiro atoms. The van der Waals surface area contributed by atoms with Gasteiger partial charge in [0, 0.05) is 11.9 Å². The normalized spacial score (nSPS) is 17.3. The topological polar surface area (TPSA) is 60.2 Å². The van der Waals surface area contributed by atoms with Crippen molar-refractivity contribution >= 4 is 25.7 Å². The van der Waals surface area contributed by atoms with Gasteiger partial charge in [0.05, 0.1) is 4.90 Å². The minimum atomic E-state index is -9.93. The molecule has 0 aromatic heterocycles. The molecule has 0 heterocycles. The fraction of sp³-hybridized carbons (Fsp3) is 0.143. The van der Waals surface area contributed by atoms with Crippen LogP contribution in [-0.4, -0.2) is 14.7 Å². The van der Waals surface area contributed by atoms with Crippen molar-refractivity contribution < 1.29 is 27.8 Å². The Morgan fingerprint density at radius 3 is 1.88 bits per heavy atom. The first-order chi connectivity index (χ1) is 7.09. The van der Waals surface area contributed by atoms with E-state index in [9.17, 15) is 27.8 Å². The van der Waals surface area contributed by atoms with E-state index in [1.807, 2.05) is 0 Å². The summed E-state index contributed by atoms with van der Waals surface area (Å²) >= 11 is 0. The smallest absolute Gasteiger partial charge is 0.310 e. The molecule has 1 aromatic carbocycles. The van der Waals surface area contributed by atoms with Crippen molar-refractivity contribution in [3.8, 4) is 0 Å². The summed E-state index contributed by atoms with van der Waals surface area (Å²) in [7, 11) is -14.0. The lowest BCUT2D eigenvalue weighted by Crippen LogP contribution is -2.09. The summed E-state index contributed by atoms with van der Waals surface area (Å²) in [6.45, 7) is 0. The van der Waals surface area contributed by atoms with Crippen molar-refractivity contribution in [2.45, 2.75) is 9.79 Å². The molecule has 3 nitrogen and oxygen atoms in total. The van der Waals surface area contributed by atoms with Crippen LogP contribution in [0.4, 0.5) is 25.1 Å². The molecule has 0 fully saturated rings. The van der Waals surface area contributed by atoms with E-state index < -0.39 is 35.5 Å².